The van der Waals surface area contributed by atoms with E-state index in [1.54, 1.807) is 13.2 Å². The number of nitrogens with zero attached hydrogens (tertiary/aromatic N) is 2. The van der Waals surface area contributed by atoms with Gasteiger partial charge in [0.2, 0.25) is 0 Å². The Balaban J connectivity index is 2.08. The molecule has 0 aromatic heterocycles. The van der Waals surface area contributed by atoms with E-state index in [1.807, 2.05) is 23.1 Å². The van der Waals surface area contributed by atoms with Crippen LogP contribution in [0.25, 0.3) is 0 Å². The largest absolute Gasteiger partial charge is 0.497 e. The first-order valence-corrected chi connectivity index (χ1v) is 5.82. The van der Waals surface area contributed by atoms with Crippen molar-refractivity contribution in [1.82, 2.24) is 9.80 Å². The minimum atomic E-state index is 0.0944. The smallest absolute Gasteiger partial charge is 0.254 e. The average molecular weight is 234 g/mol. The molecule has 4 heteroatoms. The van der Waals surface area contributed by atoms with Crippen LogP contribution < -0.4 is 4.74 Å². The lowest BCUT2D eigenvalue weighted by Gasteiger charge is -2.32. The van der Waals surface area contributed by atoms with Crippen LogP contribution in [0.15, 0.2) is 24.3 Å². The fourth-order valence-corrected chi connectivity index (χ4v) is 1.95. The number of hydrogen-bond acceptors (Lipinski definition) is 3. The summed E-state index contributed by atoms with van der Waals surface area (Å²) in [4.78, 5) is 16.4. The first-order chi connectivity index (χ1) is 8.20. The third-order valence-electron chi connectivity index (χ3n) is 3.11. The molecule has 0 bridgehead atoms. The van der Waals surface area contributed by atoms with Crippen molar-refractivity contribution in [3.63, 3.8) is 0 Å². The van der Waals surface area contributed by atoms with E-state index >= 15 is 0 Å². The molecule has 17 heavy (non-hydrogen) atoms. The van der Waals surface area contributed by atoms with Crippen molar-refractivity contribution in [2.75, 3.05) is 40.3 Å². The third-order valence-corrected chi connectivity index (χ3v) is 3.11. The third kappa shape index (κ3) is 2.77. The van der Waals surface area contributed by atoms with Gasteiger partial charge in [0.25, 0.3) is 5.91 Å². The molecule has 0 N–H and O–H groups in total. The first kappa shape index (κ1) is 11.9. The molecule has 4 nitrogen and oxygen atoms in total. The summed E-state index contributed by atoms with van der Waals surface area (Å²) >= 11 is 0. The quantitative estimate of drug-likeness (QED) is 0.767. The van der Waals surface area contributed by atoms with Gasteiger partial charge in [-0.25, -0.2) is 0 Å². The zero-order chi connectivity index (χ0) is 12.3. The lowest BCUT2D eigenvalue weighted by atomic mass is 10.1. The average Bonchev–Trinajstić information content (AvgIpc) is 2.39. The lowest BCUT2D eigenvalue weighted by Crippen LogP contribution is -2.47. The zero-order valence-electron chi connectivity index (χ0n) is 10.3. The number of rotatable bonds is 2. The van der Waals surface area contributed by atoms with Crippen LogP contribution in [-0.2, 0) is 0 Å². The number of carbonyl (C=O) groups excluding carboxylic acids is 1. The molecule has 1 heterocycles. The Kier molecular flexibility index (Phi) is 3.64. The van der Waals surface area contributed by atoms with E-state index in [1.165, 1.54) is 0 Å². The molecule has 2 rings (SSSR count). The summed E-state index contributed by atoms with van der Waals surface area (Å²) in [5.41, 5.74) is 0.703. The molecular weight excluding hydrogens is 216 g/mol. The van der Waals surface area contributed by atoms with Gasteiger partial charge in [-0.1, -0.05) is 6.07 Å². The van der Waals surface area contributed by atoms with Crippen molar-refractivity contribution in [2.45, 2.75) is 0 Å². The summed E-state index contributed by atoms with van der Waals surface area (Å²) in [5, 5.41) is 0. The molecule has 1 fully saturated rings. The highest BCUT2D eigenvalue weighted by Crippen LogP contribution is 2.15. The topological polar surface area (TPSA) is 32.8 Å². The SMILES string of the molecule is COc1cccc(C(=O)N2CCN(C)CC2)c1. The van der Waals surface area contributed by atoms with Gasteiger partial charge in [0.15, 0.2) is 0 Å². The van der Waals surface area contributed by atoms with Crippen LogP contribution in [0, 0.1) is 0 Å². The van der Waals surface area contributed by atoms with Gasteiger partial charge in [-0.2, -0.15) is 0 Å². The number of carbonyl (C=O) groups is 1. The fraction of sp³-hybridized carbons (Fsp3) is 0.462. The van der Waals surface area contributed by atoms with Crippen molar-refractivity contribution < 1.29 is 9.53 Å². The molecule has 0 saturated carbocycles. The van der Waals surface area contributed by atoms with Crippen molar-refractivity contribution >= 4 is 5.91 Å². The van der Waals surface area contributed by atoms with Gasteiger partial charge in [-0.15, -0.1) is 0 Å². The van der Waals surface area contributed by atoms with Crippen LogP contribution in [0.1, 0.15) is 10.4 Å². The van der Waals surface area contributed by atoms with E-state index in [4.69, 9.17) is 4.74 Å². The van der Waals surface area contributed by atoms with Gasteiger partial charge in [0, 0.05) is 31.7 Å². The van der Waals surface area contributed by atoms with Gasteiger partial charge < -0.3 is 14.5 Å². The highest BCUT2D eigenvalue weighted by Gasteiger charge is 2.20. The minimum Gasteiger partial charge on any atom is -0.497 e. The second-order valence-electron chi connectivity index (χ2n) is 4.33. The Morgan fingerprint density at radius 1 is 1.24 bits per heavy atom. The van der Waals surface area contributed by atoms with Crippen molar-refractivity contribution in [1.29, 1.82) is 0 Å². The van der Waals surface area contributed by atoms with Gasteiger partial charge in [-0.05, 0) is 25.2 Å². The van der Waals surface area contributed by atoms with Gasteiger partial charge in [0.05, 0.1) is 7.11 Å². The second kappa shape index (κ2) is 5.19. The zero-order valence-corrected chi connectivity index (χ0v) is 10.3. The summed E-state index contributed by atoms with van der Waals surface area (Å²) in [7, 11) is 3.69. The second-order valence-corrected chi connectivity index (χ2v) is 4.33. The van der Waals surface area contributed by atoms with Gasteiger partial charge in [0.1, 0.15) is 5.75 Å². The number of likely N-dealkylation sites (N-methyl/N-ethyl adjacent to an activating group) is 1. The number of amides is 1. The van der Waals surface area contributed by atoms with Crippen molar-refractivity contribution in [3.8, 4) is 5.75 Å². The molecule has 0 radical (unpaired) electrons. The molecule has 1 amide bonds. The summed E-state index contributed by atoms with van der Waals surface area (Å²) in [5.74, 6) is 0.821. The summed E-state index contributed by atoms with van der Waals surface area (Å²) in [6.45, 7) is 3.48. The summed E-state index contributed by atoms with van der Waals surface area (Å²) in [6, 6.07) is 7.33. The van der Waals surface area contributed by atoms with E-state index in [9.17, 15) is 4.79 Å². The maximum absolute atomic E-state index is 12.2. The number of ether oxygens (including phenoxy) is 1. The predicted molar refractivity (Wildman–Crippen MR) is 66.4 cm³/mol. The molecule has 1 aliphatic rings. The Hall–Kier alpha value is -1.55. The molecule has 92 valence electrons. The molecule has 0 spiro atoms. The number of benzene rings is 1. The van der Waals surface area contributed by atoms with Gasteiger partial charge >= 0.3 is 0 Å². The summed E-state index contributed by atoms with van der Waals surface area (Å²) in [6.07, 6.45) is 0. The fourth-order valence-electron chi connectivity index (χ4n) is 1.95. The highest BCUT2D eigenvalue weighted by molar-refractivity contribution is 5.94. The van der Waals surface area contributed by atoms with E-state index in [0.29, 0.717) is 5.56 Å². The molecule has 0 aliphatic carbocycles. The molecule has 1 aromatic rings. The van der Waals surface area contributed by atoms with Crippen LogP contribution in [0.3, 0.4) is 0 Å². The lowest BCUT2D eigenvalue weighted by molar-refractivity contribution is 0.0664. The Labute approximate surface area is 102 Å². The van der Waals surface area contributed by atoms with Crippen LogP contribution in [0.4, 0.5) is 0 Å². The van der Waals surface area contributed by atoms with E-state index < -0.39 is 0 Å². The Morgan fingerprint density at radius 3 is 2.59 bits per heavy atom. The molecule has 0 unspecified atom stereocenters. The minimum absolute atomic E-state index is 0.0944. The number of methoxy groups -OCH3 is 1. The van der Waals surface area contributed by atoms with Crippen molar-refractivity contribution in [2.24, 2.45) is 0 Å². The standard InChI is InChI=1S/C13H18N2O2/c1-14-6-8-15(9-7-14)13(16)11-4-3-5-12(10-11)17-2/h3-5,10H,6-9H2,1-2H3. The van der Waals surface area contributed by atoms with E-state index in [2.05, 4.69) is 11.9 Å². The van der Waals surface area contributed by atoms with Crippen LogP contribution in [-0.4, -0.2) is 56.0 Å². The Morgan fingerprint density at radius 2 is 1.94 bits per heavy atom. The van der Waals surface area contributed by atoms with E-state index in [0.717, 1.165) is 31.9 Å². The van der Waals surface area contributed by atoms with Crippen molar-refractivity contribution in [3.05, 3.63) is 29.8 Å². The summed E-state index contributed by atoms with van der Waals surface area (Å²) < 4.78 is 5.13. The van der Waals surface area contributed by atoms with E-state index in [-0.39, 0.29) is 5.91 Å². The van der Waals surface area contributed by atoms with Gasteiger partial charge in [-0.3, -0.25) is 4.79 Å². The van der Waals surface area contributed by atoms with Crippen LogP contribution >= 0.6 is 0 Å². The predicted octanol–water partition coefficient (Wildman–Crippen LogP) is 1.08. The normalized spacial score (nSPS) is 16.9. The molecule has 1 aliphatic heterocycles. The first-order valence-electron chi connectivity index (χ1n) is 5.82. The monoisotopic (exact) mass is 234 g/mol. The van der Waals surface area contributed by atoms with Crippen LogP contribution in [0.2, 0.25) is 0 Å². The Bertz CT molecular complexity index is 398. The molecule has 0 atom stereocenters. The molecule has 1 saturated heterocycles. The number of hydrogen-bond donors (Lipinski definition) is 0. The molecule has 1 aromatic carbocycles. The maximum atomic E-state index is 12.2. The number of piperazine rings is 1. The maximum Gasteiger partial charge on any atom is 0.254 e. The van der Waals surface area contributed by atoms with Crippen LogP contribution in [0.5, 0.6) is 5.75 Å². The molecular formula is C13H18N2O2. The highest BCUT2D eigenvalue weighted by atomic mass is 16.5.